The molecule has 0 radical (unpaired) electrons. The first-order valence-electron chi connectivity index (χ1n) is 8.10. The Morgan fingerprint density at radius 3 is 2.58 bits per heavy atom. The fraction of sp³-hybridized carbons (Fsp3) is 0.263. The summed E-state index contributed by atoms with van der Waals surface area (Å²) in [6.07, 6.45) is 6.09. The van der Waals surface area contributed by atoms with Crippen LogP contribution in [0.3, 0.4) is 0 Å². The molecule has 1 saturated heterocycles. The lowest BCUT2D eigenvalue weighted by Crippen LogP contribution is -2.10. The highest BCUT2D eigenvalue weighted by Gasteiger charge is 2.14. The van der Waals surface area contributed by atoms with Crippen LogP contribution in [0.2, 0.25) is 0 Å². The van der Waals surface area contributed by atoms with Crippen molar-refractivity contribution in [1.29, 1.82) is 0 Å². The Bertz CT molecular complexity index is 723. The van der Waals surface area contributed by atoms with E-state index in [0.717, 1.165) is 18.7 Å². The van der Waals surface area contributed by atoms with Gasteiger partial charge in [0.05, 0.1) is 10.5 Å². The van der Waals surface area contributed by atoms with Crippen LogP contribution < -0.4 is 4.74 Å². The van der Waals surface area contributed by atoms with Crippen molar-refractivity contribution in [2.45, 2.75) is 19.4 Å². The SMILES string of the molecule is O=[N+]([O-])c1ccc(OCc2ccccc2)cc1C=CN1CCCC1. The molecule has 1 aliphatic rings. The summed E-state index contributed by atoms with van der Waals surface area (Å²) in [5.41, 5.74) is 1.72. The van der Waals surface area contributed by atoms with Crippen LogP contribution in [-0.2, 0) is 6.61 Å². The molecule has 0 amide bonds. The van der Waals surface area contributed by atoms with E-state index in [2.05, 4.69) is 4.90 Å². The maximum absolute atomic E-state index is 11.2. The van der Waals surface area contributed by atoms with E-state index in [1.165, 1.54) is 18.9 Å². The summed E-state index contributed by atoms with van der Waals surface area (Å²) in [4.78, 5) is 13.1. The van der Waals surface area contributed by atoms with E-state index in [9.17, 15) is 10.1 Å². The predicted molar refractivity (Wildman–Crippen MR) is 93.7 cm³/mol. The minimum atomic E-state index is -0.357. The van der Waals surface area contributed by atoms with Crippen LogP contribution in [0.25, 0.3) is 6.08 Å². The first-order chi connectivity index (χ1) is 11.7. The normalized spacial score (nSPS) is 14.2. The molecule has 0 bridgehead atoms. The quantitative estimate of drug-likeness (QED) is 0.589. The zero-order valence-corrected chi connectivity index (χ0v) is 13.4. The number of hydrogen-bond donors (Lipinski definition) is 0. The zero-order valence-electron chi connectivity index (χ0n) is 13.4. The van der Waals surface area contributed by atoms with Crippen LogP contribution in [0.4, 0.5) is 5.69 Å². The maximum atomic E-state index is 11.2. The average Bonchev–Trinajstić information content (AvgIpc) is 3.12. The van der Waals surface area contributed by atoms with E-state index in [4.69, 9.17) is 4.74 Å². The molecule has 3 rings (SSSR count). The maximum Gasteiger partial charge on any atom is 0.276 e. The van der Waals surface area contributed by atoms with Gasteiger partial charge in [0.15, 0.2) is 0 Å². The summed E-state index contributed by atoms with van der Waals surface area (Å²) in [5, 5.41) is 11.2. The van der Waals surface area contributed by atoms with Crippen molar-refractivity contribution in [3.8, 4) is 5.75 Å². The van der Waals surface area contributed by atoms with Gasteiger partial charge in [-0.05, 0) is 42.8 Å². The van der Waals surface area contributed by atoms with Gasteiger partial charge in [-0.25, -0.2) is 0 Å². The first-order valence-corrected chi connectivity index (χ1v) is 8.10. The van der Waals surface area contributed by atoms with Crippen LogP contribution in [0, 0.1) is 10.1 Å². The molecule has 5 heteroatoms. The summed E-state index contributed by atoms with van der Waals surface area (Å²) >= 11 is 0. The molecular weight excluding hydrogens is 304 g/mol. The smallest absolute Gasteiger partial charge is 0.276 e. The average molecular weight is 324 g/mol. The molecule has 0 atom stereocenters. The summed E-state index contributed by atoms with van der Waals surface area (Å²) in [6, 6.07) is 14.7. The highest BCUT2D eigenvalue weighted by Crippen LogP contribution is 2.26. The Hall–Kier alpha value is -2.82. The van der Waals surface area contributed by atoms with Crippen molar-refractivity contribution in [2.75, 3.05) is 13.1 Å². The monoisotopic (exact) mass is 324 g/mol. The number of nitro benzene ring substituents is 1. The zero-order chi connectivity index (χ0) is 16.8. The topological polar surface area (TPSA) is 55.6 Å². The molecule has 0 spiro atoms. The lowest BCUT2D eigenvalue weighted by atomic mass is 10.1. The van der Waals surface area contributed by atoms with Gasteiger partial charge in [-0.15, -0.1) is 0 Å². The van der Waals surface area contributed by atoms with Gasteiger partial charge in [0.1, 0.15) is 12.4 Å². The molecule has 5 nitrogen and oxygen atoms in total. The van der Waals surface area contributed by atoms with E-state index in [-0.39, 0.29) is 10.6 Å². The second kappa shape index (κ2) is 7.64. The fourth-order valence-electron chi connectivity index (χ4n) is 2.74. The van der Waals surface area contributed by atoms with E-state index >= 15 is 0 Å². The van der Waals surface area contributed by atoms with Gasteiger partial charge in [0.2, 0.25) is 0 Å². The van der Waals surface area contributed by atoms with Crippen LogP contribution >= 0.6 is 0 Å². The number of likely N-dealkylation sites (tertiary alicyclic amines) is 1. The van der Waals surface area contributed by atoms with Gasteiger partial charge in [-0.3, -0.25) is 10.1 Å². The van der Waals surface area contributed by atoms with Crippen molar-refractivity contribution in [1.82, 2.24) is 4.90 Å². The third-order valence-corrected chi connectivity index (χ3v) is 4.05. The molecule has 0 N–H and O–H groups in total. The van der Waals surface area contributed by atoms with Gasteiger partial charge >= 0.3 is 0 Å². The molecule has 1 heterocycles. The molecule has 124 valence electrons. The van der Waals surface area contributed by atoms with E-state index < -0.39 is 0 Å². The minimum absolute atomic E-state index is 0.0949. The van der Waals surface area contributed by atoms with Crippen LogP contribution in [-0.4, -0.2) is 22.9 Å². The van der Waals surface area contributed by atoms with Gasteiger partial charge in [-0.1, -0.05) is 30.3 Å². The lowest BCUT2D eigenvalue weighted by Gasteiger charge is -2.11. The highest BCUT2D eigenvalue weighted by atomic mass is 16.6. The number of ether oxygens (including phenoxy) is 1. The molecule has 2 aromatic rings. The molecule has 0 saturated carbocycles. The Morgan fingerprint density at radius 2 is 1.88 bits per heavy atom. The van der Waals surface area contributed by atoms with Gasteiger partial charge in [0, 0.05) is 19.2 Å². The highest BCUT2D eigenvalue weighted by molar-refractivity contribution is 5.62. The van der Waals surface area contributed by atoms with Crippen LogP contribution in [0.1, 0.15) is 24.0 Å². The lowest BCUT2D eigenvalue weighted by molar-refractivity contribution is -0.385. The summed E-state index contributed by atoms with van der Waals surface area (Å²) in [7, 11) is 0. The summed E-state index contributed by atoms with van der Waals surface area (Å²) in [6.45, 7) is 2.46. The van der Waals surface area contributed by atoms with Crippen molar-refractivity contribution in [3.05, 3.63) is 76.0 Å². The Labute approximate surface area is 141 Å². The third kappa shape index (κ3) is 4.13. The first kappa shape index (κ1) is 16.1. The summed E-state index contributed by atoms with van der Waals surface area (Å²) < 4.78 is 5.77. The second-order valence-corrected chi connectivity index (χ2v) is 5.81. The molecule has 0 aromatic heterocycles. The van der Waals surface area contributed by atoms with Gasteiger partial charge in [0.25, 0.3) is 5.69 Å². The Balaban J connectivity index is 1.75. The van der Waals surface area contributed by atoms with E-state index in [1.807, 2.05) is 36.5 Å². The molecule has 0 aliphatic carbocycles. The molecule has 24 heavy (non-hydrogen) atoms. The molecule has 1 aliphatic heterocycles. The van der Waals surface area contributed by atoms with Gasteiger partial charge in [-0.2, -0.15) is 0 Å². The number of benzene rings is 2. The van der Waals surface area contributed by atoms with E-state index in [0.29, 0.717) is 17.9 Å². The minimum Gasteiger partial charge on any atom is -0.489 e. The Morgan fingerprint density at radius 1 is 1.12 bits per heavy atom. The number of nitro groups is 1. The largest absolute Gasteiger partial charge is 0.489 e. The predicted octanol–water partition coefficient (Wildman–Crippen LogP) is 4.24. The number of nitrogens with zero attached hydrogens (tertiary/aromatic N) is 2. The van der Waals surface area contributed by atoms with Crippen LogP contribution in [0.5, 0.6) is 5.75 Å². The van der Waals surface area contributed by atoms with Crippen molar-refractivity contribution in [3.63, 3.8) is 0 Å². The number of rotatable bonds is 6. The van der Waals surface area contributed by atoms with E-state index in [1.54, 1.807) is 18.2 Å². The fourth-order valence-corrected chi connectivity index (χ4v) is 2.74. The summed E-state index contributed by atoms with van der Waals surface area (Å²) in [5.74, 6) is 0.630. The molecule has 1 fully saturated rings. The van der Waals surface area contributed by atoms with Crippen molar-refractivity contribution < 1.29 is 9.66 Å². The number of hydrogen-bond acceptors (Lipinski definition) is 4. The van der Waals surface area contributed by atoms with Crippen molar-refractivity contribution in [2.24, 2.45) is 0 Å². The van der Waals surface area contributed by atoms with Gasteiger partial charge < -0.3 is 9.64 Å². The third-order valence-electron chi connectivity index (χ3n) is 4.05. The molecule has 2 aromatic carbocycles. The van der Waals surface area contributed by atoms with Crippen molar-refractivity contribution >= 4 is 11.8 Å². The standard InChI is InChI=1S/C19H20N2O3/c22-21(23)19-9-8-18(24-15-16-6-2-1-3-7-16)14-17(19)10-13-20-11-4-5-12-20/h1-3,6-10,13-14H,4-5,11-12,15H2. The Kier molecular flexibility index (Phi) is 5.11. The second-order valence-electron chi connectivity index (χ2n) is 5.81. The molecule has 0 unspecified atom stereocenters. The molecular formula is C19H20N2O3. The van der Waals surface area contributed by atoms with Crippen LogP contribution in [0.15, 0.2) is 54.7 Å².